The van der Waals surface area contributed by atoms with Crippen LogP contribution in [0.3, 0.4) is 0 Å². The number of hydrogen-bond acceptors (Lipinski definition) is 5. The van der Waals surface area contributed by atoms with Gasteiger partial charge in [0.1, 0.15) is 12.2 Å². The number of aryl methyl sites for hydroxylation is 1. The molecule has 26 heavy (non-hydrogen) atoms. The van der Waals surface area contributed by atoms with Crippen molar-refractivity contribution in [1.29, 1.82) is 0 Å². The number of halogens is 1. The van der Waals surface area contributed by atoms with Crippen LogP contribution >= 0.6 is 11.6 Å². The van der Waals surface area contributed by atoms with Gasteiger partial charge in [0.05, 0.1) is 22.9 Å². The average Bonchev–Trinajstić information content (AvgIpc) is 2.94. The van der Waals surface area contributed by atoms with E-state index in [1.165, 1.54) is 4.68 Å². The molecule has 0 spiro atoms. The van der Waals surface area contributed by atoms with Gasteiger partial charge in [-0.05, 0) is 25.5 Å². The molecule has 9 heteroatoms. The summed E-state index contributed by atoms with van der Waals surface area (Å²) in [6.07, 6.45) is 2.76. The Balaban J connectivity index is 1.54. The molecule has 0 bridgehead atoms. The Bertz CT molecular complexity index is 775. The molecule has 0 saturated carbocycles. The third-order valence-corrected chi connectivity index (χ3v) is 4.66. The molecule has 3 heterocycles. The van der Waals surface area contributed by atoms with Crippen molar-refractivity contribution in [3.63, 3.8) is 0 Å². The zero-order chi connectivity index (χ0) is 18.7. The number of carbonyl (C=O) groups excluding carboxylic acids is 2. The number of rotatable bonds is 4. The van der Waals surface area contributed by atoms with Gasteiger partial charge in [0.25, 0.3) is 5.91 Å². The first-order valence-corrected chi connectivity index (χ1v) is 8.69. The summed E-state index contributed by atoms with van der Waals surface area (Å²) in [5.74, 6) is -0.492. The van der Waals surface area contributed by atoms with Gasteiger partial charge in [-0.2, -0.15) is 5.10 Å². The fourth-order valence-electron chi connectivity index (χ4n) is 2.91. The Morgan fingerprint density at radius 1 is 1.42 bits per heavy atom. The molecule has 2 atom stereocenters. The molecule has 2 N–H and O–H groups in total. The van der Waals surface area contributed by atoms with Gasteiger partial charge in [-0.1, -0.05) is 17.7 Å². The molecular formula is C17H20ClN5O3. The van der Waals surface area contributed by atoms with Crippen molar-refractivity contribution in [3.8, 4) is 0 Å². The second-order valence-electron chi connectivity index (χ2n) is 6.26. The molecule has 2 amide bonds. The van der Waals surface area contributed by atoms with Crippen LogP contribution in [-0.4, -0.2) is 61.8 Å². The Hall–Kier alpha value is -2.45. The van der Waals surface area contributed by atoms with Crippen molar-refractivity contribution < 1.29 is 14.7 Å². The Morgan fingerprint density at radius 3 is 2.85 bits per heavy atom. The van der Waals surface area contributed by atoms with Crippen LogP contribution in [0.25, 0.3) is 0 Å². The van der Waals surface area contributed by atoms with E-state index in [2.05, 4.69) is 15.4 Å². The first-order valence-electron chi connectivity index (χ1n) is 8.31. The van der Waals surface area contributed by atoms with Crippen molar-refractivity contribution in [2.24, 2.45) is 0 Å². The highest BCUT2D eigenvalue weighted by Gasteiger charge is 2.31. The van der Waals surface area contributed by atoms with Crippen molar-refractivity contribution in [3.05, 3.63) is 47.0 Å². The maximum atomic E-state index is 12.4. The van der Waals surface area contributed by atoms with Gasteiger partial charge < -0.3 is 15.3 Å². The molecule has 1 aliphatic heterocycles. The van der Waals surface area contributed by atoms with Gasteiger partial charge in [0.2, 0.25) is 5.91 Å². The van der Waals surface area contributed by atoms with Crippen molar-refractivity contribution in [2.75, 3.05) is 13.1 Å². The highest BCUT2D eigenvalue weighted by Crippen LogP contribution is 2.15. The summed E-state index contributed by atoms with van der Waals surface area (Å²) in [4.78, 5) is 30.1. The Labute approximate surface area is 155 Å². The number of β-amino-alcohol motifs (C(OH)–C–C–N with tert-alkyl or cyclic N) is 1. The highest BCUT2D eigenvalue weighted by molar-refractivity contribution is 6.31. The largest absolute Gasteiger partial charge is 0.389 e. The lowest BCUT2D eigenvalue weighted by Crippen LogP contribution is -2.55. The number of piperidine rings is 1. The van der Waals surface area contributed by atoms with Crippen molar-refractivity contribution in [1.82, 2.24) is 25.0 Å². The second kappa shape index (κ2) is 7.84. The molecule has 1 fully saturated rings. The van der Waals surface area contributed by atoms with E-state index in [-0.39, 0.29) is 24.9 Å². The number of aromatic nitrogens is 3. The Kier molecular flexibility index (Phi) is 5.53. The van der Waals surface area contributed by atoms with Crippen LogP contribution in [0, 0.1) is 6.92 Å². The molecular weight excluding hydrogens is 358 g/mol. The number of amides is 2. The first kappa shape index (κ1) is 18.3. The third-order valence-electron chi connectivity index (χ3n) is 4.29. The molecule has 138 valence electrons. The van der Waals surface area contributed by atoms with Crippen LogP contribution in [-0.2, 0) is 11.3 Å². The number of carbonyl (C=O) groups is 2. The number of pyridine rings is 1. The van der Waals surface area contributed by atoms with E-state index in [9.17, 15) is 14.7 Å². The van der Waals surface area contributed by atoms with Gasteiger partial charge in [-0.15, -0.1) is 0 Å². The monoisotopic (exact) mass is 377 g/mol. The summed E-state index contributed by atoms with van der Waals surface area (Å²) in [6.45, 7) is 2.36. The van der Waals surface area contributed by atoms with Crippen molar-refractivity contribution in [2.45, 2.75) is 32.0 Å². The molecule has 2 aromatic heterocycles. The van der Waals surface area contributed by atoms with Crippen LogP contribution in [0.5, 0.6) is 0 Å². The molecule has 1 aliphatic rings. The maximum absolute atomic E-state index is 12.4. The lowest BCUT2D eigenvalue weighted by molar-refractivity contribution is -0.124. The molecule has 2 aromatic rings. The van der Waals surface area contributed by atoms with E-state index in [4.69, 9.17) is 11.6 Å². The van der Waals surface area contributed by atoms with E-state index in [0.717, 1.165) is 0 Å². The van der Waals surface area contributed by atoms with Crippen LogP contribution < -0.4 is 5.32 Å². The summed E-state index contributed by atoms with van der Waals surface area (Å²) < 4.78 is 1.46. The number of hydrogen-bond donors (Lipinski definition) is 2. The predicted octanol–water partition coefficient (Wildman–Crippen LogP) is 0.632. The predicted molar refractivity (Wildman–Crippen MR) is 94.7 cm³/mol. The van der Waals surface area contributed by atoms with Crippen LogP contribution in [0.2, 0.25) is 5.02 Å². The summed E-state index contributed by atoms with van der Waals surface area (Å²) in [5.41, 5.74) is 0.994. The molecule has 3 rings (SSSR count). The minimum atomic E-state index is -0.844. The van der Waals surface area contributed by atoms with E-state index in [1.807, 2.05) is 0 Å². The van der Waals surface area contributed by atoms with Gasteiger partial charge in [0, 0.05) is 25.5 Å². The van der Waals surface area contributed by atoms with Gasteiger partial charge in [0.15, 0.2) is 0 Å². The highest BCUT2D eigenvalue weighted by atomic mass is 35.5. The second-order valence-corrected chi connectivity index (χ2v) is 6.66. The lowest BCUT2D eigenvalue weighted by Gasteiger charge is -2.36. The molecule has 0 unspecified atom stereocenters. The van der Waals surface area contributed by atoms with E-state index < -0.39 is 12.1 Å². The SMILES string of the molecule is Cc1nn(CC(=O)N[C@@H]2CCN(C(=O)c3ccccn3)C[C@H]2O)cc1Cl. The summed E-state index contributed by atoms with van der Waals surface area (Å²) in [5, 5.41) is 17.8. The minimum absolute atomic E-state index is 0.0212. The molecule has 0 aromatic carbocycles. The fraction of sp³-hybridized carbons (Fsp3) is 0.412. The normalized spacial score (nSPS) is 20.0. The molecule has 8 nitrogen and oxygen atoms in total. The summed E-state index contributed by atoms with van der Waals surface area (Å²) in [6, 6.07) is 4.70. The van der Waals surface area contributed by atoms with Crippen molar-refractivity contribution >= 4 is 23.4 Å². The first-order chi connectivity index (χ1) is 12.4. The smallest absolute Gasteiger partial charge is 0.272 e. The number of nitrogens with zero attached hydrogens (tertiary/aromatic N) is 4. The minimum Gasteiger partial charge on any atom is -0.389 e. The standard InChI is InChI=1S/C17H20ClN5O3/c1-11-12(18)8-23(21-11)10-16(25)20-13-5-7-22(9-15(13)24)17(26)14-4-2-3-6-19-14/h2-4,6,8,13,15,24H,5,7,9-10H2,1H3,(H,20,25)/t13-,15-/m1/s1. The lowest BCUT2D eigenvalue weighted by atomic mass is 10.0. The topological polar surface area (TPSA) is 100 Å². The van der Waals surface area contributed by atoms with E-state index in [0.29, 0.717) is 29.4 Å². The zero-order valence-electron chi connectivity index (χ0n) is 14.3. The molecule has 0 radical (unpaired) electrons. The van der Waals surface area contributed by atoms with Gasteiger partial charge in [-0.25, -0.2) is 0 Å². The van der Waals surface area contributed by atoms with Crippen LogP contribution in [0.15, 0.2) is 30.6 Å². The summed E-state index contributed by atoms with van der Waals surface area (Å²) >= 11 is 5.93. The number of nitrogens with one attached hydrogen (secondary N) is 1. The quantitative estimate of drug-likeness (QED) is 0.814. The summed E-state index contributed by atoms with van der Waals surface area (Å²) in [7, 11) is 0. The molecule has 0 aliphatic carbocycles. The zero-order valence-corrected chi connectivity index (χ0v) is 15.1. The molecule has 1 saturated heterocycles. The van der Waals surface area contributed by atoms with Gasteiger partial charge in [-0.3, -0.25) is 19.3 Å². The van der Waals surface area contributed by atoms with E-state index in [1.54, 1.807) is 42.4 Å². The van der Waals surface area contributed by atoms with Crippen LogP contribution in [0.4, 0.5) is 0 Å². The number of aliphatic hydroxyl groups excluding tert-OH is 1. The third kappa shape index (κ3) is 4.20. The average molecular weight is 378 g/mol. The van der Waals surface area contributed by atoms with Gasteiger partial charge >= 0.3 is 0 Å². The Morgan fingerprint density at radius 2 is 2.23 bits per heavy atom. The van der Waals surface area contributed by atoms with E-state index >= 15 is 0 Å². The number of likely N-dealkylation sites (tertiary alicyclic amines) is 1. The maximum Gasteiger partial charge on any atom is 0.272 e. The fourth-order valence-corrected chi connectivity index (χ4v) is 3.06. The van der Waals surface area contributed by atoms with Crippen LogP contribution in [0.1, 0.15) is 22.6 Å². The number of aliphatic hydroxyl groups is 1.